The van der Waals surface area contributed by atoms with Crippen molar-refractivity contribution in [3.63, 3.8) is 0 Å². The number of nitrogens with zero attached hydrogens (tertiary/aromatic N) is 1. The summed E-state index contributed by atoms with van der Waals surface area (Å²) in [6, 6.07) is 0.566. The third kappa shape index (κ3) is 2.75. The highest BCUT2D eigenvalue weighted by Crippen LogP contribution is 2.37. The van der Waals surface area contributed by atoms with Gasteiger partial charge in [-0.1, -0.05) is 12.8 Å². The molecule has 0 aliphatic heterocycles. The highest BCUT2D eigenvalue weighted by atomic mass is 32.2. The van der Waals surface area contributed by atoms with Gasteiger partial charge in [-0.3, -0.25) is 0 Å². The summed E-state index contributed by atoms with van der Waals surface area (Å²) in [6.45, 7) is 0. The predicted octanol–water partition coefficient (Wildman–Crippen LogP) is 3.92. The summed E-state index contributed by atoms with van der Waals surface area (Å²) in [5.41, 5.74) is 1.38. The first-order chi connectivity index (χ1) is 8.86. The fourth-order valence-electron chi connectivity index (χ4n) is 3.05. The minimum Gasteiger partial charge on any atom is -0.312 e. The Labute approximate surface area is 118 Å². The number of fused-ring (bicyclic) bond motifs is 1. The second-order valence-electron chi connectivity index (χ2n) is 5.37. The van der Waals surface area contributed by atoms with Gasteiger partial charge >= 0.3 is 0 Å². The van der Waals surface area contributed by atoms with Crippen LogP contribution in [0.5, 0.6) is 0 Å². The molecule has 0 radical (unpaired) electrons. The van der Waals surface area contributed by atoms with Crippen molar-refractivity contribution in [1.82, 2.24) is 10.3 Å². The molecule has 2 nitrogen and oxygen atoms in total. The normalized spacial score (nSPS) is 24.4. The third-order valence-electron chi connectivity index (χ3n) is 4.09. The smallest absolute Gasteiger partial charge is 0.103 e. The SMILES string of the molecule is CNC1CCCc2nc(CSC3CCCC3)sc21. The number of aryl methyl sites for hydroxylation is 1. The maximum Gasteiger partial charge on any atom is 0.103 e. The Hall–Kier alpha value is -0.0600. The number of thiazole rings is 1. The van der Waals surface area contributed by atoms with Gasteiger partial charge in [0.15, 0.2) is 0 Å². The molecule has 0 bridgehead atoms. The van der Waals surface area contributed by atoms with E-state index in [0.717, 1.165) is 11.0 Å². The first kappa shape index (κ1) is 12.9. The summed E-state index contributed by atoms with van der Waals surface area (Å²) in [4.78, 5) is 6.39. The lowest BCUT2D eigenvalue weighted by atomic mass is 9.98. The first-order valence-electron chi connectivity index (χ1n) is 7.14. The van der Waals surface area contributed by atoms with Gasteiger partial charge in [-0.2, -0.15) is 11.8 Å². The van der Waals surface area contributed by atoms with Crippen LogP contribution >= 0.6 is 23.1 Å². The van der Waals surface area contributed by atoms with Crippen LogP contribution in [0.2, 0.25) is 0 Å². The van der Waals surface area contributed by atoms with Gasteiger partial charge in [0.2, 0.25) is 0 Å². The molecular formula is C14H22N2S2. The van der Waals surface area contributed by atoms with E-state index in [4.69, 9.17) is 4.98 Å². The van der Waals surface area contributed by atoms with Crippen molar-refractivity contribution in [3.8, 4) is 0 Å². The topological polar surface area (TPSA) is 24.9 Å². The Morgan fingerprint density at radius 1 is 1.28 bits per heavy atom. The highest BCUT2D eigenvalue weighted by molar-refractivity contribution is 7.99. The molecule has 1 fully saturated rings. The van der Waals surface area contributed by atoms with Crippen molar-refractivity contribution >= 4 is 23.1 Å². The molecule has 3 rings (SSSR count). The van der Waals surface area contributed by atoms with E-state index in [1.807, 2.05) is 11.3 Å². The number of aromatic nitrogens is 1. The minimum atomic E-state index is 0.566. The van der Waals surface area contributed by atoms with E-state index in [1.54, 1.807) is 0 Å². The zero-order valence-electron chi connectivity index (χ0n) is 11.1. The molecule has 0 amide bonds. The molecule has 1 aromatic heterocycles. The van der Waals surface area contributed by atoms with Crippen LogP contribution in [-0.2, 0) is 12.2 Å². The molecule has 1 aromatic rings. The van der Waals surface area contributed by atoms with Crippen molar-refractivity contribution < 1.29 is 0 Å². The van der Waals surface area contributed by atoms with Crippen molar-refractivity contribution in [2.75, 3.05) is 7.05 Å². The zero-order chi connectivity index (χ0) is 12.4. The lowest BCUT2D eigenvalue weighted by Crippen LogP contribution is -2.19. The van der Waals surface area contributed by atoms with Crippen LogP contribution in [0.15, 0.2) is 0 Å². The second kappa shape index (κ2) is 5.93. The van der Waals surface area contributed by atoms with Crippen LogP contribution in [-0.4, -0.2) is 17.3 Å². The summed E-state index contributed by atoms with van der Waals surface area (Å²) in [5, 5.41) is 5.70. The van der Waals surface area contributed by atoms with E-state index < -0.39 is 0 Å². The Balaban J connectivity index is 1.64. The molecule has 1 N–H and O–H groups in total. The maximum atomic E-state index is 4.87. The van der Waals surface area contributed by atoms with E-state index in [0.29, 0.717) is 6.04 Å². The van der Waals surface area contributed by atoms with E-state index in [-0.39, 0.29) is 0 Å². The van der Waals surface area contributed by atoms with Crippen LogP contribution in [0.25, 0.3) is 0 Å². The van der Waals surface area contributed by atoms with Crippen molar-refractivity contribution in [2.45, 2.75) is 62.0 Å². The van der Waals surface area contributed by atoms with Crippen LogP contribution in [0.3, 0.4) is 0 Å². The molecule has 1 saturated carbocycles. The van der Waals surface area contributed by atoms with E-state index in [9.17, 15) is 0 Å². The largest absolute Gasteiger partial charge is 0.312 e. The minimum absolute atomic E-state index is 0.566. The molecule has 0 aromatic carbocycles. The van der Waals surface area contributed by atoms with Gasteiger partial charge in [0.25, 0.3) is 0 Å². The van der Waals surface area contributed by atoms with Gasteiger partial charge in [-0.15, -0.1) is 11.3 Å². The van der Waals surface area contributed by atoms with Gasteiger partial charge in [0.05, 0.1) is 5.69 Å². The van der Waals surface area contributed by atoms with Crippen LogP contribution < -0.4 is 5.32 Å². The summed E-state index contributed by atoms with van der Waals surface area (Å²) >= 11 is 4.09. The van der Waals surface area contributed by atoms with Crippen LogP contribution in [0, 0.1) is 0 Å². The average molecular weight is 282 g/mol. The molecule has 1 unspecified atom stereocenters. The maximum absolute atomic E-state index is 4.87. The fraction of sp³-hybridized carbons (Fsp3) is 0.786. The lowest BCUT2D eigenvalue weighted by molar-refractivity contribution is 0.501. The standard InChI is InChI=1S/C14H22N2S2/c1-15-11-7-4-8-12-14(11)18-13(16-12)9-17-10-5-2-3-6-10/h10-11,15H,2-9H2,1H3. The molecule has 18 heavy (non-hydrogen) atoms. The van der Waals surface area contributed by atoms with E-state index in [2.05, 4.69) is 24.1 Å². The summed E-state index contributed by atoms with van der Waals surface area (Å²) in [6.07, 6.45) is 9.49. The van der Waals surface area contributed by atoms with Crippen molar-refractivity contribution in [3.05, 3.63) is 15.6 Å². The Bertz CT molecular complexity index is 396. The van der Waals surface area contributed by atoms with Crippen LogP contribution in [0.1, 0.15) is 60.1 Å². The molecule has 2 aliphatic carbocycles. The quantitative estimate of drug-likeness (QED) is 0.906. The summed E-state index contributed by atoms with van der Waals surface area (Å²) in [5.74, 6) is 1.14. The predicted molar refractivity (Wildman–Crippen MR) is 80.4 cm³/mol. The number of nitrogens with one attached hydrogen (secondary N) is 1. The molecular weight excluding hydrogens is 260 g/mol. The Kier molecular flexibility index (Phi) is 4.27. The molecule has 0 spiro atoms. The lowest BCUT2D eigenvalue weighted by Gasteiger charge is -2.20. The van der Waals surface area contributed by atoms with Crippen LogP contribution in [0.4, 0.5) is 0 Å². The molecule has 1 atom stereocenters. The first-order valence-corrected chi connectivity index (χ1v) is 9.00. The molecule has 2 aliphatic rings. The highest BCUT2D eigenvalue weighted by Gasteiger charge is 2.24. The molecule has 0 saturated heterocycles. The molecule has 4 heteroatoms. The van der Waals surface area contributed by atoms with Crippen molar-refractivity contribution in [2.24, 2.45) is 0 Å². The van der Waals surface area contributed by atoms with Gasteiger partial charge in [-0.05, 0) is 39.2 Å². The Morgan fingerprint density at radius 3 is 2.89 bits per heavy atom. The summed E-state index contributed by atoms with van der Waals surface area (Å²) in [7, 11) is 2.08. The number of rotatable bonds is 4. The van der Waals surface area contributed by atoms with E-state index >= 15 is 0 Å². The number of hydrogen-bond acceptors (Lipinski definition) is 4. The zero-order valence-corrected chi connectivity index (χ0v) is 12.7. The second-order valence-corrected chi connectivity index (χ2v) is 7.77. The van der Waals surface area contributed by atoms with Gasteiger partial charge in [-0.25, -0.2) is 4.98 Å². The van der Waals surface area contributed by atoms with E-state index in [1.165, 1.54) is 60.5 Å². The molecule has 100 valence electrons. The summed E-state index contributed by atoms with van der Waals surface area (Å²) < 4.78 is 0. The number of thioether (sulfide) groups is 1. The average Bonchev–Trinajstić information content (AvgIpc) is 3.04. The molecule has 1 heterocycles. The monoisotopic (exact) mass is 282 g/mol. The fourth-order valence-corrected chi connectivity index (χ4v) is 5.65. The third-order valence-corrected chi connectivity index (χ3v) is 6.86. The van der Waals surface area contributed by atoms with Gasteiger partial charge < -0.3 is 5.32 Å². The van der Waals surface area contributed by atoms with Gasteiger partial charge in [0.1, 0.15) is 5.01 Å². The Morgan fingerprint density at radius 2 is 2.11 bits per heavy atom. The van der Waals surface area contributed by atoms with Gasteiger partial charge in [0, 0.05) is 21.9 Å². The van der Waals surface area contributed by atoms with Crippen molar-refractivity contribution in [1.29, 1.82) is 0 Å². The number of hydrogen-bond donors (Lipinski definition) is 1.